The van der Waals surface area contributed by atoms with Gasteiger partial charge in [0.15, 0.2) is 0 Å². The number of benzene rings is 1. The van der Waals surface area contributed by atoms with Gasteiger partial charge in [-0.3, -0.25) is 4.90 Å². The summed E-state index contributed by atoms with van der Waals surface area (Å²) in [6.45, 7) is 9.78. The van der Waals surface area contributed by atoms with Gasteiger partial charge in [0.25, 0.3) is 0 Å². The van der Waals surface area contributed by atoms with E-state index in [0.29, 0.717) is 6.04 Å². The molecule has 1 saturated heterocycles. The topological polar surface area (TPSA) is 32.7 Å². The molecule has 1 heterocycles. The van der Waals surface area contributed by atoms with E-state index in [-0.39, 0.29) is 5.92 Å². The zero-order valence-corrected chi connectivity index (χ0v) is 13.4. The first-order valence-corrected chi connectivity index (χ1v) is 7.68. The molecule has 3 nitrogen and oxygen atoms in total. The van der Waals surface area contributed by atoms with Crippen LogP contribution in [-0.4, -0.2) is 41.8 Å². The summed E-state index contributed by atoms with van der Waals surface area (Å²) in [7, 11) is 1.68. The fourth-order valence-electron chi connectivity index (χ4n) is 3.20. The summed E-state index contributed by atoms with van der Waals surface area (Å²) in [6, 6.07) is 8.56. The molecule has 0 bridgehead atoms. The molecule has 3 heteroatoms. The Hall–Kier alpha value is -1.32. The maximum absolute atomic E-state index is 10.6. The lowest BCUT2D eigenvalue weighted by Gasteiger charge is -2.47. The van der Waals surface area contributed by atoms with Crippen LogP contribution in [-0.2, 0) is 6.42 Å². The summed E-state index contributed by atoms with van der Waals surface area (Å²) >= 11 is 0. The van der Waals surface area contributed by atoms with Gasteiger partial charge in [0.1, 0.15) is 5.75 Å². The van der Waals surface area contributed by atoms with Crippen LogP contribution in [0, 0.1) is 5.92 Å². The molecule has 0 aromatic heterocycles. The Morgan fingerprint density at radius 1 is 1.43 bits per heavy atom. The first-order chi connectivity index (χ1) is 9.97. The molecule has 0 aliphatic carbocycles. The summed E-state index contributed by atoms with van der Waals surface area (Å²) < 4.78 is 5.21. The minimum absolute atomic E-state index is 0.230. The van der Waals surface area contributed by atoms with Crippen molar-refractivity contribution in [2.45, 2.75) is 38.3 Å². The molecular weight excluding hydrogens is 262 g/mol. The van der Waals surface area contributed by atoms with E-state index in [9.17, 15) is 5.11 Å². The minimum Gasteiger partial charge on any atom is -0.497 e. The number of rotatable bonds is 5. The smallest absolute Gasteiger partial charge is 0.118 e. The van der Waals surface area contributed by atoms with Gasteiger partial charge in [0, 0.05) is 25.0 Å². The molecule has 1 aromatic carbocycles. The average Bonchev–Trinajstić information content (AvgIpc) is 2.48. The minimum atomic E-state index is -0.588. The Balaban J connectivity index is 2.16. The van der Waals surface area contributed by atoms with Crippen molar-refractivity contribution < 1.29 is 9.84 Å². The fourth-order valence-corrected chi connectivity index (χ4v) is 3.20. The Morgan fingerprint density at radius 3 is 2.67 bits per heavy atom. The van der Waals surface area contributed by atoms with Crippen LogP contribution in [0.3, 0.4) is 0 Å². The number of hydrogen-bond acceptors (Lipinski definition) is 3. The van der Waals surface area contributed by atoms with Crippen LogP contribution in [0.5, 0.6) is 5.75 Å². The molecule has 21 heavy (non-hydrogen) atoms. The third-order valence-electron chi connectivity index (χ3n) is 4.90. The standard InChI is InChI=1S/C18H27NO2/c1-5-11-19-12-10-18(3,20)14(2)17(19)13-15-6-8-16(21-4)9-7-15/h5-9,14,17,20H,1,10-13H2,2-4H3. The van der Waals surface area contributed by atoms with Gasteiger partial charge in [-0.2, -0.15) is 0 Å². The Labute approximate surface area is 128 Å². The first kappa shape index (κ1) is 16.1. The maximum atomic E-state index is 10.6. The van der Waals surface area contributed by atoms with E-state index in [1.807, 2.05) is 25.1 Å². The fraction of sp³-hybridized carbons (Fsp3) is 0.556. The summed E-state index contributed by atoms with van der Waals surface area (Å²) in [4.78, 5) is 2.43. The van der Waals surface area contributed by atoms with Crippen LogP contribution in [0.2, 0.25) is 0 Å². The van der Waals surface area contributed by atoms with E-state index < -0.39 is 5.60 Å². The summed E-state index contributed by atoms with van der Waals surface area (Å²) in [6.07, 6.45) is 3.71. The number of aliphatic hydroxyl groups is 1. The molecule has 0 spiro atoms. The Bertz CT molecular complexity index is 467. The number of hydrogen-bond donors (Lipinski definition) is 1. The molecular formula is C18H27NO2. The highest BCUT2D eigenvalue weighted by atomic mass is 16.5. The normalized spacial score (nSPS) is 30.1. The van der Waals surface area contributed by atoms with Crippen molar-refractivity contribution >= 4 is 0 Å². The summed E-state index contributed by atoms with van der Waals surface area (Å²) in [5.41, 5.74) is 0.689. The third kappa shape index (κ3) is 3.66. The third-order valence-corrected chi connectivity index (χ3v) is 4.90. The predicted molar refractivity (Wildman–Crippen MR) is 86.7 cm³/mol. The van der Waals surface area contributed by atoms with Crippen molar-refractivity contribution in [2.24, 2.45) is 5.92 Å². The van der Waals surface area contributed by atoms with Crippen LogP contribution in [0.15, 0.2) is 36.9 Å². The van der Waals surface area contributed by atoms with E-state index in [0.717, 1.165) is 31.7 Å². The molecule has 1 aromatic rings. The Kier molecular flexibility index (Phi) is 5.07. The number of nitrogens with zero attached hydrogens (tertiary/aromatic N) is 1. The predicted octanol–water partition coefficient (Wildman–Crippen LogP) is 2.89. The SMILES string of the molecule is C=CCN1CCC(C)(O)C(C)C1Cc1ccc(OC)cc1. The molecule has 0 radical (unpaired) electrons. The molecule has 1 aliphatic heterocycles. The van der Waals surface area contributed by atoms with Crippen LogP contribution in [0.1, 0.15) is 25.8 Å². The van der Waals surface area contributed by atoms with Gasteiger partial charge in [-0.15, -0.1) is 6.58 Å². The van der Waals surface area contributed by atoms with Gasteiger partial charge in [-0.05, 0) is 37.5 Å². The van der Waals surface area contributed by atoms with Gasteiger partial charge in [-0.25, -0.2) is 0 Å². The lowest BCUT2D eigenvalue weighted by atomic mass is 9.76. The van der Waals surface area contributed by atoms with Gasteiger partial charge < -0.3 is 9.84 Å². The summed E-state index contributed by atoms with van der Waals surface area (Å²) in [5.74, 6) is 1.11. The van der Waals surface area contributed by atoms with Gasteiger partial charge in [0.2, 0.25) is 0 Å². The van der Waals surface area contributed by atoms with Crippen molar-refractivity contribution in [1.29, 1.82) is 0 Å². The van der Waals surface area contributed by atoms with Gasteiger partial charge in [-0.1, -0.05) is 25.1 Å². The molecule has 1 fully saturated rings. The van der Waals surface area contributed by atoms with E-state index in [2.05, 4.69) is 30.5 Å². The van der Waals surface area contributed by atoms with Crippen molar-refractivity contribution in [3.8, 4) is 5.75 Å². The first-order valence-electron chi connectivity index (χ1n) is 7.68. The average molecular weight is 289 g/mol. The van der Waals surface area contributed by atoms with Crippen molar-refractivity contribution in [3.63, 3.8) is 0 Å². The van der Waals surface area contributed by atoms with E-state index >= 15 is 0 Å². The van der Waals surface area contributed by atoms with E-state index in [4.69, 9.17) is 4.74 Å². The molecule has 3 unspecified atom stereocenters. The number of ether oxygens (including phenoxy) is 1. The highest BCUT2D eigenvalue weighted by Gasteiger charge is 2.41. The largest absolute Gasteiger partial charge is 0.497 e. The number of piperidine rings is 1. The molecule has 1 N–H and O–H groups in total. The van der Waals surface area contributed by atoms with Gasteiger partial charge in [0.05, 0.1) is 12.7 Å². The van der Waals surface area contributed by atoms with Crippen molar-refractivity contribution in [1.82, 2.24) is 4.90 Å². The second-order valence-electron chi connectivity index (χ2n) is 6.30. The lowest BCUT2D eigenvalue weighted by molar-refractivity contribution is -0.0781. The molecule has 3 atom stereocenters. The highest BCUT2D eigenvalue weighted by Crippen LogP contribution is 2.34. The maximum Gasteiger partial charge on any atom is 0.118 e. The number of likely N-dealkylation sites (tertiary alicyclic amines) is 1. The summed E-state index contributed by atoms with van der Waals surface area (Å²) in [5, 5.41) is 10.6. The second-order valence-corrected chi connectivity index (χ2v) is 6.30. The Morgan fingerprint density at radius 2 is 2.10 bits per heavy atom. The monoisotopic (exact) mass is 289 g/mol. The molecule has 1 aliphatic rings. The quantitative estimate of drug-likeness (QED) is 0.846. The van der Waals surface area contributed by atoms with Crippen molar-refractivity contribution in [2.75, 3.05) is 20.2 Å². The highest BCUT2D eigenvalue weighted by molar-refractivity contribution is 5.28. The van der Waals surface area contributed by atoms with E-state index in [1.165, 1.54) is 5.56 Å². The molecule has 0 amide bonds. The molecule has 2 rings (SSSR count). The zero-order valence-electron chi connectivity index (χ0n) is 13.4. The van der Waals surface area contributed by atoms with Crippen molar-refractivity contribution in [3.05, 3.63) is 42.5 Å². The molecule has 0 saturated carbocycles. The van der Waals surface area contributed by atoms with Crippen LogP contribution in [0.25, 0.3) is 0 Å². The van der Waals surface area contributed by atoms with Crippen LogP contribution in [0.4, 0.5) is 0 Å². The lowest BCUT2D eigenvalue weighted by Crippen LogP contribution is -2.56. The van der Waals surface area contributed by atoms with Crippen LogP contribution >= 0.6 is 0 Å². The second kappa shape index (κ2) is 6.63. The van der Waals surface area contributed by atoms with E-state index in [1.54, 1.807) is 7.11 Å². The van der Waals surface area contributed by atoms with Crippen LogP contribution < -0.4 is 4.74 Å². The molecule has 116 valence electrons. The number of methoxy groups -OCH3 is 1. The van der Waals surface area contributed by atoms with Gasteiger partial charge >= 0.3 is 0 Å². The zero-order chi connectivity index (χ0) is 15.5.